The van der Waals surface area contributed by atoms with Crippen LogP contribution >= 0.6 is 15.9 Å². The summed E-state index contributed by atoms with van der Waals surface area (Å²) in [5.74, 6) is -0.352. The van der Waals surface area contributed by atoms with E-state index < -0.39 is 4.83 Å². The van der Waals surface area contributed by atoms with Crippen molar-refractivity contribution in [3.05, 3.63) is 54.4 Å². The molecule has 4 heteroatoms. The predicted octanol–water partition coefficient (Wildman–Crippen LogP) is 3.36. The van der Waals surface area contributed by atoms with Gasteiger partial charge < -0.3 is 4.74 Å². The molecule has 2 aromatic rings. The lowest BCUT2D eigenvalue weighted by atomic mass is 10.1. The summed E-state index contributed by atoms with van der Waals surface area (Å²) < 4.78 is 4.66. The zero-order chi connectivity index (χ0) is 13.0. The van der Waals surface area contributed by atoms with Gasteiger partial charge >= 0.3 is 5.97 Å². The third kappa shape index (κ3) is 2.76. The van der Waals surface area contributed by atoms with Gasteiger partial charge in [0.1, 0.15) is 0 Å². The van der Waals surface area contributed by atoms with Crippen LogP contribution in [0.3, 0.4) is 0 Å². The molecule has 0 bridgehead atoms. The fourth-order valence-corrected chi connectivity index (χ4v) is 2.04. The molecule has 18 heavy (non-hydrogen) atoms. The molecule has 0 saturated carbocycles. The maximum absolute atomic E-state index is 11.4. The number of aromatic nitrogens is 1. The Morgan fingerprint density at radius 1 is 1.17 bits per heavy atom. The molecule has 2 rings (SSSR count). The van der Waals surface area contributed by atoms with Crippen molar-refractivity contribution in [2.45, 2.75) is 4.83 Å². The van der Waals surface area contributed by atoms with Gasteiger partial charge in [-0.05, 0) is 11.6 Å². The monoisotopic (exact) mass is 305 g/mol. The predicted molar refractivity (Wildman–Crippen MR) is 73.4 cm³/mol. The number of carbonyl (C=O) groups excluding carboxylic acids is 1. The Morgan fingerprint density at radius 2 is 1.89 bits per heavy atom. The van der Waals surface area contributed by atoms with E-state index in [2.05, 4.69) is 25.7 Å². The van der Waals surface area contributed by atoms with Gasteiger partial charge in [-0.25, -0.2) is 0 Å². The molecule has 0 spiro atoms. The van der Waals surface area contributed by atoms with Crippen molar-refractivity contribution in [1.29, 1.82) is 0 Å². The molecule has 0 saturated heterocycles. The zero-order valence-corrected chi connectivity index (χ0v) is 11.4. The molecule has 1 heterocycles. The molecule has 1 unspecified atom stereocenters. The van der Waals surface area contributed by atoms with Crippen LogP contribution in [0.4, 0.5) is 0 Å². The molecule has 0 amide bonds. The Hall–Kier alpha value is -1.68. The van der Waals surface area contributed by atoms with Crippen LogP contribution in [0.1, 0.15) is 10.5 Å². The van der Waals surface area contributed by atoms with Gasteiger partial charge in [0.25, 0.3) is 0 Å². The SMILES string of the molecule is COC(=O)C(Br)c1ccc(-c2ccccc2)cn1. The van der Waals surface area contributed by atoms with Crippen molar-refractivity contribution >= 4 is 21.9 Å². The van der Waals surface area contributed by atoms with Crippen LogP contribution in [0.2, 0.25) is 0 Å². The van der Waals surface area contributed by atoms with Gasteiger partial charge in [-0.2, -0.15) is 0 Å². The number of methoxy groups -OCH3 is 1. The molecule has 1 atom stereocenters. The van der Waals surface area contributed by atoms with Gasteiger partial charge in [0.05, 0.1) is 12.8 Å². The van der Waals surface area contributed by atoms with E-state index in [-0.39, 0.29) is 5.97 Å². The van der Waals surface area contributed by atoms with Crippen LogP contribution in [0.25, 0.3) is 11.1 Å². The van der Waals surface area contributed by atoms with Crippen molar-refractivity contribution in [1.82, 2.24) is 4.98 Å². The number of hydrogen-bond donors (Lipinski definition) is 0. The third-order valence-corrected chi connectivity index (χ3v) is 3.40. The highest BCUT2D eigenvalue weighted by Gasteiger charge is 2.18. The Balaban J connectivity index is 2.23. The average molecular weight is 306 g/mol. The number of carbonyl (C=O) groups is 1. The second-order valence-electron chi connectivity index (χ2n) is 3.72. The van der Waals surface area contributed by atoms with Crippen LogP contribution in [0.15, 0.2) is 48.7 Å². The van der Waals surface area contributed by atoms with E-state index >= 15 is 0 Å². The first-order valence-electron chi connectivity index (χ1n) is 5.45. The minimum Gasteiger partial charge on any atom is -0.468 e. The van der Waals surface area contributed by atoms with Crippen LogP contribution < -0.4 is 0 Å². The quantitative estimate of drug-likeness (QED) is 0.645. The summed E-state index contributed by atoms with van der Waals surface area (Å²) in [6, 6.07) is 13.7. The maximum atomic E-state index is 11.4. The lowest BCUT2D eigenvalue weighted by molar-refractivity contribution is -0.139. The molecule has 0 aliphatic carbocycles. The molecule has 0 fully saturated rings. The number of hydrogen-bond acceptors (Lipinski definition) is 3. The third-order valence-electron chi connectivity index (χ3n) is 2.56. The second kappa shape index (κ2) is 5.78. The molecule has 3 nitrogen and oxygen atoms in total. The van der Waals surface area contributed by atoms with Crippen molar-refractivity contribution in [3.63, 3.8) is 0 Å². The number of benzene rings is 1. The first kappa shape index (κ1) is 12.8. The summed E-state index contributed by atoms with van der Waals surface area (Å²) in [6.07, 6.45) is 1.75. The van der Waals surface area contributed by atoms with E-state index in [1.54, 1.807) is 6.20 Å². The van der Waals surface area contributed by atoms with Gasteiger partial charge in [0, 0.05) is 11.8 Å². The lowest BCUT2D eigenvalue weighted by Gasteiger charge is -2.07. The Kier molecular flexibility index (Phi) is 4.10. The van der Waals surface area contributed by atoms with E-state index in [9.17, 15) is 4.79 Å². The summed E-state index contributed by atoms with van der Waals surface area (Å²) in [5, 5.41) is 0. The lowest BCUT2D eigenvalue weighted by Crippen LogP contribution is -2.09. The molecule has 0 aliphatic heterocycles. The van der Waals surface area contributed by atoms with Crippen LogP contribution in [0, 0.1) is 0 Å². The fraction of sp³-hybridized carbons (Fsp3) is 0.143. The number of alkyl halides is 1. The van der Waals surface area contributed by atoms with Gasteiger partial charge in [-0.3, -0.25) is 9.78 Å². The highest BCUT2D eigenvalue weighted by molar-refractivity contribution is 9.09. The van der Waals surface area contributed by atoms with Gasteiger partial charge in [0.15, 0.2) is 4.83 Å². The van der Waals surface area contributed by atoms with Crippen LogP contribution in [-0.2, 0) is 9.53 Å². The highest BCUT2D eigenvalue weighted by atomic mass is 79.9. The number of ether oxygens (including phenoxy) is 1. The Bertz CT molecular complexity index is 525. The molecule has 92 valence electrons. The Morgan fingerprint density at radius 3 is 2.44 bits per heavy atom. The average Bonchev–Trinajstić information content (AvgIpc) is 2.47. The zero-order valence-electron chi connectivity index (χ0n) is 9.84. The minimum atomic E-state index is -0.521. The second-order valence-corrected chi connectivity index (χ2v) is 4.64. The molecule has 1 aromatic heterocycles. The van der Waals surface area contributed by atoms with Crippen LogP contribution in [0.5, 0.6) is 0 Å². The summed E-state index contributed by atoms with van der Waals surface area (Å²) in [5.41, 5.74) is 2.76. The first-order chi connectivity index (χ1) is 8.72. The molecule has 0 radical (unpaired) electrons. The fourth-order valence-electron chi connectivity index (χ4n) is 1.58. The molecular weight excluding hydrogens is 294 g/mol. The molecule has 0 N–H and O–H groups in total. The van der Waals surface area contributed by atoms with E-state index in [0.717, 1.165) is 11.1 Å². The smallest absolute Gasteiger partial charge is 0.325 e. The number of pyridine rings is 1. The van der Waals surface area contributed by atoms with Crippen molar-refractivity contribution in [2.24, 2.45) is 0 Å². The topological polar surface area (TPSA) is 39.2 Å². The minimum absolute atomic E-state index is 0.352. The van der Waals surface area contributed by atoms with E-state index in [0.29, 0.717) is 5.69 Å². The Labute approximate surface area is 114 Å². The summed E-state index contributed by atoms with van der Waals surface area (Å²) in [7, 11) is 1.36. The summed E-state index contributed by atoms with van der Waals surface area (Å²) in [4.78, 5) is 15.1. The standard InChI is InChI=1S/C14H12BrNO2/c1-18-14(17)13(15)12-8-7-11(9-16-12)10-5-3-2-4-6-10/h2-9,13H,1H3. The van der Waals surface area contributed by atoms with Crippen molar-refractivity contribution in [2.75, 3.05) is 7.11 Å². The summed E-state index contributed by atoms with van der Waals surface area (Å²) >= 11 is 3.26. The molecule has 1 aromatic carbocycles. The van der Waals surface area contributed by atoms with Crippen LogP contribution in [-0.4, -0.2) is 18.1 Å². The first-order valence-corrected chi connectivity index (χ1v) is 6.37. The van der Waals surface area contributed by atoms with E-state index in [1.165, 1.54) is 7.11 Å². The van der Waals surface area contributed by atoms with Gasteiger partial charge in [-0.15, -0.1) is 0 Å². The highest BCUT2D eigenvalue weighted by Crippen LogP contribution is 2.24. The largest absolute Gasteiger partial charge is 0.468 e. The number of rotatable bonds is 3. The van der Waals surface area contributed by atoms with E-state index in [1.807, 2.05) is 42.5 Å². The number of nitrogens with zero attached hydrogens (tertiary/aromatic N) is 1. The van der Waals surface area contributed by atoms with Crippen molar-refractivity contribution < 1.29 is 9.53 Å². The van der Waals surface area contributed by atoms with Gasteiger partial charge in [-0.1, -0.05) is 52.3 Å². The van der Waals surface area contributed by atoms with Crippen molar-refractivity contribution in [3.8, 4) is 11.1 Å². The molecule has 0 aliphatic rings. The number of esters is 1. The molecular formula is C14H12BrNO2. The maximum Gasteiger partial charge on any atom is 0.325 e. The summed E-state index contributed by atoms with van der Waals surface area (Å²) in [6.45, 7) is 0. The normalized spacial score (nSPS) is 11.9. The number of halogens is 1. The van der Waals surface area contributed by atoms with Gasteiger partial charge in [0.2, 0.25) is 0 Å². The van der Waals surface area contributed by atoms with E-state index in [4.69, 9.17) is 0 Å².